The van der Waals surface area contributed by atoms with Crippen LogP contribution in [0.15, 0.2) is 12.5 Å². The highest BCUT2D eigenvalue weighted by Crippen LogP contribution is 2.31. The minimum absolute atomic E-state index is 0.355. The molecule has 5 nitrogen and oxygen atoms in total. The Morgan fingerprint density at radius 2 is 2.13 bits per heavy atom. The molecule has 1 N–H and O–H groups in total. The van der Waals surface area contributed by atoms with E-state index in [-0.39, 0.29) is 6.09 Å². The van der Waals surface area contributed by atoms with E-state index in [0.717, 1.165) is 12.3 Å². The van der Waals surface area contributed by atoms with Crippen LogP contribution in [-0.2, 0) is 11.2 Å². The van der Waals surface area contributed by atoms with Crippen molar-refractivity contribution in [2.45, 2.75) is 77.9 Å². The fourth-order valence-corrected chi connectivity index (χ4v) is 3.21. The summed E-state index contributed by atoms with van der Waals surface area (Å²) in [7, 11) is 0. The van der Waals surface area contributed by atoms with Crippen LogP contribution in [0, 0.1) is 5.92 Å². The molecule has 0 saturated heterocycles. The lowest BCUT2D eigenvalue weighted by molar-refractivity contribution is 0.0528. The van der Waals surface area contributed by atoms with Gasteiger partial charge in [-0.25, -0.2) is 9.78 Å². The second kappa shape index (κ2) is 7.84. The lowest BCUT2D eigenvalue weighted by Gasteiger charge is -2.21. The number of nitrogens with one attached hydrogen (secondary N) is 1. The van der Waals surface area contributed by atoms with Crippen molar-refractivity contribution in [1.82, 2.24) is 14.9 Å². The maximum absolute atomic E-state index is 11.7. The summed E-state index contributed by atoms with van der Waals surface area (Å²) in [6.07, 6.45) is 10.7. The minimum atomic E-state index is -0.455. The van der Waals surface area contributed by atoms with Crippen LogP contribution in [0.3, 0.4) is 0 Å². The molecule has 0 aliphatic heterocycles. The Kier molecular flexibility index (Phi) is 6.08. The summed E-state index contributed by atoms with van der Waals surface area (Å²) >= 11 is 0. The van der Waals surface area contributed by atoms with Gasteiger partial charge in [-0.15, -0.1) is 0 Å². The largest absolute Gasteiger partial charge is 0.444 e. The molecule has 1 aliphatic carbocycles. The van der Waals surface area contributed by atoms with Crippen LogP contribution < -0.4 is 5.32 Å². The zero-order chi connectivity index (χ0) is 16.9. The molecule has 2 rings (SSSR count). The summed E-state index contributed by atoms with van der Waals surface area (Å²) in [5.74, 6) is 0.834. The summed E-state index contributed by atoms with van der Waals surface area (Å²) in [6, 6.07) is 0.555. The first-order valence-electron chi connectivity index (χ1n) is 8.82. The molecule has 1 heterocycles. The van der Waals surface area contributed by atoms with Gasteiger partial charge in [-0.3, -0.25) is 0 Å². The Bertz CT molecular complexity index is 505. The lowest BCUT2D eigenvalue weighted by Crippen LogP contribution is -2.33. The average molecular weight is 321 g/mol. The zero-order valence-corrected chi connectivity index (χ0v) is 15.0. The van der Waals surface area contributed by atoms with Crippen molar-refractivity contribution in [1.29, 1.82) is 0 Å². The van der Waals surface area contributed by atoms with Gasteiger partial charge in [0.25, 0.3) is 0 Å². The number of hydrogen-bond donors (Lipinski definition) is 1. The van der Waals surface area contributed by atoms with Crippen LogP contribution >= 0.6 is 0 Å². The normalized spacial score (nSPS) is 22.4. The highest BCUT2D eigenvalue weighted by Gasteiger charge is 2.20. The van der Waals surface area contributed by atoms with Crippen LogP contribution in [0.4, 0.5) is 4.79 Å². The number of alkyl carbamates (subject to hydrolysis) is 1. The number of aromatic nitrogens is 2. The standard InChI is InChI=1S/C18H31N3O2/c1-14-6-5-7-15(9-8-14)21-13-19-12-16(21)10-11-20-17(22)23-18(2,3)4/h12-15H,5-11H2,1-4H3,(H,20,22). The molecule has 5 heteroatoms. The Balaban J connectivity index is 1.85. The number of nitrogens with zero attached hydrogens (tertiary/aromatic N) is 2. The maximum Gasteiger partial charge on any atom is 0.407 e. The van der Waals surface area contributed by atoms with Crippen molar-refractivity contribution in [2.75, 3.05) is 6.54 Å². The summed E-state index contributed by atoms with van der Waals surface area (Å²) in [5.41, 5.74) is 0.740. The van der Waals surface area contributed by atoms with Gasteiger partial charge in [-0.2, -0.15) is 0 Å². The summed E-state index contributed by atoms with van der Waals surface area (Å²) in [6.45, 7) is 8.53. The molecule has 2 unspecified atom stereocenters. The SMILES string of the molecule is CC1CCCC(n2cncc2CCNC(=O)OC(C)(C)C)CC1. The molecule has 1 aliphatic rings. The Hall–Kier alpha value is -1.52. The first-order chi connectivity index (χ1) is 10.8. The Labute approximate surface area is 139 Å². The summed E-state index contributed by atoms with van der Waals surface area (Å²) in [5, 5.41) is 2.82. The number of carbonyl (C=O) groups excluding carboxylic acids is 1. The molecule has 0 aromatic carbocycles. The van der Waals surface area contributed by atoms with Crippen LogP contribution in [0.1, 0.15) is 71.5 Å². The number of ether oxygens (including phenoxy) is 1. The summed E-state index contributed by atoms with van der Waals surface area (Å²) < 4.78 is 7.57. The molecule has 1 amide bonds. The molecule has 1 fully saturated rings. The number of hydrogen-bond acceptors (Lipinski definition) is 3. The van der Waals surface area contributed by atoms with Gasteiger partial charge < -0.3 is 14.6 Å². The van der Waals surface area contributed by atoms with Crippen molar-refractivity contribution >= 4 is 6.09 Å². The zero-order valence-electron chi connectivity index (χ0n) is 15.0. The average Bonchev–Trinajstić information content (AvgIpc) is 2.78. The molecule has 1 aromatic rings. The van der Waals surface area contributed by atoms with Crippen LogP contribution in [0.5, 0.6) is 0 Å². The number of amides is 1. The van der Waals surface area contributed by atoms with Crippen LogP contribution in [0.2, 0.25) is 0 Å². The van der Waals surface area contributed by atoms with Gasteiger partial charge in [-0.05, 0) is 46.0 Å². The van der Waals surface area contributed by atoms with Crippen LogP contribution in [0.25, 0.3) is 0 Å². The third-order valence-corrected chi connectivity index (χ3v) is 4.42. The Morgan fingerprint density at radius 3 is 2.87 bits per heavy atom. The van der Waals surface area contributed by atoms with Crippen molar-refractivity contribution in [3.05, 3.63) is 18.2 Å². The third kappa shape index (κ3) is 5.88. The van der Waals surface area contributed by atoms with Gasteiger partial charge in [-0.1, -0.05) is 19.8 Å². The van der Waals surface area contributed by atoms with Gasteiger partial charge in [0, 0.05) is 30.9 Å². The molecular weight excluding hydrogens is 290 g/mol. The van der Waals surface area contributed by atoms with Crippen LogP contribution in [-0.4, -0.2) is 27.8 Å². The fraction of sp³-hybridized carbons (Fsp3) is 0.778. The van der Waals surface area contributed by atoms with E-state index in [1.807, 2.05) is 33.3 Å². The highest BCUT2D eigenvalue weighted by molar-refractivity contribution is 5.67. The second-order valence-corrected chi connectivity index (χ2v) is 7.74. The maximum atomic E-state index is 11.7. The smallest absolute Gasteiger partial charge is 0.407 e. The quantitative estimate of drug-likeness (QED) is 0.850. The monoisotopic (exact) mass is 321 g/mol. The predicted octanol–water partition coefficient (Wildman–Crippen LogP) is 4.09. The molecule has 1 saturated carbocycles. The van der Waals surface area contributed by atoms with Crippen molar-refractivity contribution in [2.24, 2.45) is 5.92 Å². The molecule has 1 aromatic heterocycles. The molecular formula is C18H31N3O2. The van der Waals surface area contributed by atoms with E-state index in [0.29, 0.717) is 12.6 Å². The van der Waals surface area contributed by atoms with Crippen molar-refractivity contribution in [3.8, 4) is 0 Å². The number of rotatable bonds is 4. The fourth-order valence-electron chi connectivity index (χ4n) is 3.21. The van der Waals surface area contributed by atoms with Gasteiger partial charge in [0.1, 0.15) is 5.60 Å². The topological polar surface area (TPSA) is 56.2 Å². The van der Waals surface area contributed by atoms with E-state index in [1.165, 1.54) is 37.8 Å². The lowest BCUT2D eigenvalue weighted by atomic mass is 10.0. The third-order valence-electron chi connectivity index (χ3n) is 4.42. The summed E-state index contributed by atoms with van der Waals surface area (Å²) in [4.78, 5) is 16.0. The molecule has 2 atom stereocenters. The molecule has 0 spiro atoms. The van der Waals surface area contributed by atoms with Gasteiger partial charge >= 0.3 is 6.09 Å². The van der Waals surface area contributed by atoms with Crippen molar-refractivity contribution in [3.63, 3.8) is 0 Å². The van der Waals surface area contributed by atoms with E-state index in [2.05, 4.69) is 21.8 Å². The van der Waals surface area contributed by atoms with E-state index in [1.54, 1.807) is 0 Å². The second-order valence-electron chi connectivity index (χ2n) is 7.74. The van der Waals surface area contributed by atoms with E-state index >= 15 is 0 Å². The van der Waals surface area contributed by atoms with E-state index < -0.39 is 5.60 Å². The molecule has 0 radical (unpaired) electrons. The van der Waals surface area contributed by atoms with Crippen molar-refractivity contribution < 1.29 is 9.53 Å². The highest BCUT2D eigenvalue weighted by atomic mass is 16.6. The number of carbonyl (C=O) groups is 1. The molecule has 130 valence electrons. The van der Waals surface area contributed by atoms with Gasteiger partial charge in [0.15, 0.2) is 0 Å². The number of imidazole rings is 1. The first kappa shape index (κ1) is 17.8. The predicted molar refractivity (Wildman–Crippen MR) is 91.5 cm³/mol. The molecule has 0 bridgehead atoms. The van der Waals surface area contributed by atoms with Gasteiger partial charge in [0.05, 0.1) is 6.33 Å². The van der Waals surface area contributed by atoms with E-state index in [9.17, 15) is 4.79 Å². The first-order valence-corrected chi connectivity index (χ1v) is 8.82. The van der Waals surface area contributed by atoms with E-state index in [4.69, 9.17) is 4.74 Å². The van der Waals surface area contributed by atoms with Gasteiger partial charge in [0.2, 0.25) is 0 Å². The molecule has 23 heavy (non-hydrogen) atoms. The Morgan fingerprint density at radius 1 is 1.35 bits per heavy atom. The minimum Gasteiger partial charge on any atom is -0.444 e.